The lowest BCUT2D eigenvalue weighted by atomic mass is 10.2. The van der Waals surface area contributed by atoms with Crippen molar-refractivity contribution < 1.29 is 14.3 Å². The summed E-state index contributed by atoms with van der Waals surface area (Å²) in [5.74, 6) is 1.14. The smallest absolute Gasteiger partial charge is 0.270 e. The lowest BCUT2D eigenvalue weighted by Crippen LogP contribution is -2.24. The number of methoxy groups -OCH3 is 2. The van der Waals surface area contributed by atoms with Gasteiger partial charge < -0.3 is 20.1 Å². The number of benzene rings is 2. The molecule has 2 aromatic carbocycles. The summed E-state index contributed by atoms with van der Waals surface area (Å²) >= 11 is 0. The molecule has 0 spiro atoms. The summed E-state index contributed by atoms with van der Waals surface area (Å²) in [5, 5.41) is 14.8. The van der Waals surface area contributed by atoms with E-state index in [1.54, 1.807) is 50.6 Å². The number of anilines is 2. The lowest BCUT2D eigenvalue weighted by Gasteiger charge is -2.10. The molecule has 1 aromatic heterocycles. The monoisotopic (exact) mass is 389 g/mol. The molecule has 2 N–H and O–H groups in total. The van der Waals surface area contributed by atoms with Crippen LogP contribution in [-0.2, 0) is 6.54 Å². The van der Waals surface area contributed by atoms with E-state index in [0.717, 1.165) is 5.56 Å². The zero-order valence-corrected chi connectivity index (χ0v) is 16.0. The average molecular weight is 389 g/mol. The van der Waals surface area contributed by atoms with Crippen LogP contribution in [0.3, 0.4) is 0 Å². The molecule has 8 nitrogen and oxygen atoms in total. The van der Waals surface area contributed by atoms with Gasteiger partial charge in [0, 0.05) is 18.4 Å². The van der Waals surface area contributed by atoms with Gasteiger partial charge in [-0.1, -0.05) is 12.1 Å². The Balaban J connectivity index is 1.67. The van der Waals surface area contributed by atoms with E-state index in [9.17, 15) is 4.79 Å². The number of carbonyl (C=O) groups is 1. The van der Waals surface area contributed by atoms with E-state index in [4.69, 9.17) is 14.7 Å². The maximum absolute atomic E-state index is 12.5. The fraction of sp³-hybridized carbons (Fsp3) is 0.143. The molecular weight excluding hydrogens is 370 g/mol. The summed E-state index contributed by atoms with van der Waals surface area (Å²) < 4.78 is 10.5. The third-order valence-corrected chi connectivity index (χ3v) is 4.04. The Kier molecular flexibility index (Phi) is 6.22. The minimum atomic E-state index is -0.337. The van der Waals surface area contributed by atoms with Gasteiger partial charge in [-0.15, -0.1) is 0 Å². The molecule has 0 aliphatic heterocycles. The molecular formula is C21H19N5O3. The summed E-state index contributed by atoms with van der Waals surface area (Å²) in [6.45, 7) is 0.302. The molecule has 0 unspecified atom stereocenters. The van der Waals surface area contributed by atoms with Gasteiger partial charge in [-0.25, -0.2) is 9.97 Å². The molecule has 8 heteroatoms. The topological polar surface area (TPSA) is 109 Å². The van der Waals surface area contributed by atoms with Crippen molar-refractivity contribution in [3.8, 4) is 17.6 Å². The Labute approximate surface area is 168 Å². The van der Waals surface area contributed by atoms with Gasteiger partial charge in [0.05, 0.1) is 25.9 Å². The van der Waals surface area contributed by atoms with Crippen LogP contribution in [0.1, 0.15) is 21.6 Å². The van der Waals surface area contributed by atoms with Crippen LogP contribution in [-0.4, -0.2) is 30.1 Å². The lowest BCUT2D eigenvalue weighted by molar-refractivity contribution is 0.0946. The maximum atomic E-state index is 12.5. The number of carbonyl (C=O) groups excluding carboxylic acids is 1. The van der Waals surface area contributed by atoms with Crippen molar-refractivity contribution in [3.63, 3.8) is 0 Å². The van der Waals surface area contributed by atoms with E-state index >= 15 is 0 Å². The molecule has 0 aliphatic carbocycles. The normalized spacial score (nSPS) is 9.97. The number of nitrogens with zero attached hydrogens (tertiary/aromatic N) is 3. The Morgan fingerprint density at radius 3 is 2.69 bits per heavy atom. The minimum Gasteiger partial charge on any atom is -0.493 e. The fourth-order valence-electron chi connectivity index (χ4n) is 2.60. The number of hydrogen-bond acceptors (Lipinski definition) is 7. The van der Waals surface area contributed by atoms with Crippen molar-refractivity contribution in [1.82, 2.24) is 15.3 Å². The molecule has 0 saturated heterocycles. The summed E-state index contributed by atoms with van der Waals surface area (Å²) in [5.41, 5.74) is 2.25. The molecule has 0 fully saturated rings. The van der Waals surface area contributed by atoms with E-state index in [1.807, 2.05) is 6.07 Å². The zero-order valence-electron chi connectivity index (χ0n) is 16.0. The Morgan fingerprint density at radius 1 is 1.10 bits per heavy atom. The number of amides is 1. The predicted molar refractivity (Wildman–Crippen MR) is 107 cm³/mol. The highest BCUT2D eigenvalue weighted by Gasteiger charge is 2.10. The maximum Gasteiger partial charge on any atom is 0.270 e. The molecule has 3 rings (SSSR count). The quantitative estimate of drug-likeness (QED) is 0.639. The molecule has 0 aliphatic rings. The van der Waals surface area contributed by atoms with E-state index in [-0.39, 0.29) is 17.5 Å². The summed E-state index contributed by atoms with van der Waals surface area (Å²) in [6.07, 6.45) is 1.49. The molecule has 0 bridgehead atoms. The molecule has 29 heavy (non-hydrogen) atoms. The predicted octanol–water partition coefficient (Wildman–Crippen LogP) is 3.04. The van der Waals surface area contributed by atoms with Gasteiger partial charge >= 0.3 is 0 Å². The summed E-state index contributed by atoms with van der Waals surface area (Å²) in [6, 6.07) is 15.9. The number of nitrogens with one attached hydrogen (secondary N) is 2. The van der Waals surface area contributed by atoms with Gasteiger partial charge in [-0.3, -0.25) is 4.79 Å². The Morgan fingerprint density at radius 2 is 1.93 bits per heavy atom. The largest absolute Gasteiger partial charge is 0.493 e. The molecule has 1 heterocycles. The van der Waals surface area contributed by atoms with Gasteiger partial charge in [-0.2, -0.15) is 5.26 Å². The van der Waals surface area contributed by atoms with Crippen molar-refractivity contribution in [2.45, 2.75) is 6.54 Å². The third kappa shape index (κ3) is 4.99. The number of nitriles is 1. The first kappa shape index (κ1) is 19.6. The molecule has 1 amide bonds. The minimum absolute atomic E-state index is 0.222. The van der Waals surface area contributed by atoms with Crippen LogP contribution in [0.25, 0.3) is 0 Å². The molecule has 0 radical (unpaired) electrons. The second-order valence-electron chi connectivity index (χ2n) is 5.96. The van der Waals surface area contributed by atoms with Crippen LogP contribution in [0.15, 0.2) is 54.7 Å². The highest BCUT2D eigenvalue weighted by molar-refractivity contribution is 5.92. The highest BCUT2D eigenvalue weighted by atomic mass is 16.5. The van der Waals surface area contributed by atoms with Gasteiger partial charge in [0.15, 0.2) is 11.5 Å². The van der Waals surface area contributed by atoms with E-state index < -0.39 is 0 Å². The van der Waals surface area contributed by atoms with Crippen molar-refractivity contribution >= 4 is 17.5 Å². The first-order valence-corrected chi connectivity index (χ1v) is 8.72. The van der Waals surface area contributed by atoms with E-state index in [2.05, 4.69) is 26.7 Å². The van der Waals surface area contributed by atoms with Crippen LogP contribution in [0.4, 0.5) is 11.6 Å². The third-order valence-electron chi connectivity index (χ3n) is 4.04. The van der Waals surface area contributed by atoms with Crippen LogP contribution in [0.2, 0.25) is 0 Å². The SMILES string of the molecule is COc1ccc(CNC(=O)c2ccnc(Nc3cccc(C#N)c3)n2)cc1OC. The molecule has 0 saturated carbocycles. The number of hydrogen-bond donors (Lipinski definition) is 2. The first-order valence-electron chi connectivity index (χ1n) is 8.72. The van der Waals surface area contributed by atoms with Crippen molar-refractivity contribution in [1.29, 1.82) is 5.26 Å². The zero-order chi connectivity index (χ0) is 20.6. The number of rotatable bonds is 7. The van der Waals surface area contributed by atoms with Crippen LogP contribution >= 0.6 is 0 Å². The average Bonchev–Trinajstić information content (AvgIpc) is 2.77. The molecule has 0 atom stereocenters. The Hall–Kier alpha value is -4.12. The van der Waals surface area contributed by atoms with Gasteiger partial charge in [0.1, 0.15) is 5.69 Å². The highest BCUT2D eigenvalue weighted by Crippen LogP contribution is 2.27. The second kappa shape index (κ2) is 9.19. The fourth-order valence-corrected chi connectivity index (χ4v) is 2.60. The Bertz CT molecular complexity index is 1060. The number of ether oxygens (including phenoxy) is 2. The van der Waals surface area contributed by atoms with Gasteiger partial charge in [-0.05, 0) is 42.0 Å². The standard InChI is InChI=1S/C21H19N5O3/c1-28-18-7-6-15(11-19(18)29-2)13-24-20(27)17-8-9-23-21(26-17)25-16-5-3-4-14(10-16)12-22/h3-11H,13H2,1-2H3,(H,24,27)(H,23,25,26). The van der Waals surface area contributed by atoms with Crippen LogP contribution < -0.4 is 20.1 Å². The molecule has 3 aromatic rings. The number of aromatic nitrogens is 2. The van der Waals surface area contributed by atoms with Gasteiger partial charge in [0.25, 0.3) is 5.91 Å². The first-order chi connectivity index (χ1) is 14.1. The van der Waals surface area contributed by atoms with Crippen LogP contribution in [0.5, 0.6) is 11.5 Å². The summed E-state index contributed by atoms with van der Waals surface area (Å²) in [7, 11) is 3.12. The molecule has 146 valence electrons. The van der Waals surface area contributed by atoms with E-state index in [1.165, 1.54) is 12.3 Å². The second-order valence-corrected chi connectivity index (χ2v) is 5.96. The summed E-state index contributed by atoms with van der Waals surface area (Å²) in [4.78, 5) is 20.8. The van der Waals surface area contributed by atoms with Crippen molar-refractivity contribution in [3.05, 3.63) is 71.5 Å². The van der Waals surface area contributed by atoms with E-state index in [0.29, 0.717) is 29.3 Å². The van der Waals surface area contributed by atoms with Crippen LogP contribution in [0, 0.1) is 11.3 Å². The van der Waals surface area contributed by atoms with Crippen molar-refractivity contribution in [2.24, 2.45) is 0 Å². The van der Waals surface area contributed by atoms with Gasteiger partial charge in [0.2, 0.25) is 5.95 Å². The van der Waals surface area contributed by atoms with Crippen molar-refractivity contribution in [2.75, 3.05) is 19.5 Å².